The van der Waals surface area contributed by atoms with Gasteiger partial charge in [0.2, 0.25) is 0 Å². The maximum Gasteiger partial charge on any atom is 0.323 e. The van der Waals surface area contributed by atoms with Crippen molar-refractivity contribution in [1.82, 2.24) is 10.2 Å². The summed E-state index contributed by atoms with van der Waals surface area (Å²) in [6, 6.07) is 3.75. The first kappa shape index (κ1) is 22.8. The van der Waals surface area contributed by atoms with Crippen LogP contribution in [0.15, 0.2) is 18.2 Å². The van der Waals surface area contributed by atoms with Gasteiger partial charge in [0, 0.05) is 12.3 Å². The van der Waals surface area contributed by atoms with E-state index in [4.69, 9.17) is 4.74 Å². The van der Waals surface area contributed by atoms with Crippen LogP contribution in [0.3, 0.4) is 0 Å². The highest BCUT2D eigenvalue weighted by Gasteiger charge is 2.40. The van der Waals surface area contributed by atoms with E-state index in [1.54, 1.807) is 32.0 Å². The summed E-state index contributed by atoms with van der Waals surface area (Å²) in [6.45, 7) is 4.44. The summed E-state index contributed by atoms with van der Waals surface area (Å²) < 4.78 is 5.24. The van der Waals surface area contributed by atoms with Gasteiger partial charge in [0.1, 0.15) is 18.1 Å². The minimum absolute atomic E-state index is 0.0507. The second kappa shape index (κ2) is 9.96. The number of imide groups is 1. The summed E-state index contributed by atoms with van der Waals surface area (Å²) in [5.74, 6) is -1.76. The molecular formula is C23H28N2O6. The number of carbonyl (C=O) groups excluding carboxylic acids is 5. The molecule has 0 saturated carbocycles. The number of hydrogen-bond donors (Lipinski definition) is 1. The monoisotopic (exact) mass is 428 g/mol. The number of hydrogen-bond acceptors (Lipinski definition) is 7. The molecule has 3 rings (SSSR count). The molecule has 2 aliphatic rings. The molecule has 0 aliphatic carbocycles. The van der Waals surface area contributed by atoms with Gasteiger partial charge in [-0.05, 0) is 50.8 Å². The summed E-state index contributed by atoms with van der Waals surface area (Å²) in [5, 5.41) is 3.07. The van der Waals surface area contributed by atoms with Crippen LogP contribution in [0.25, 0.3) is 0 Å². The molecule has 3 atom stereocenters. The number of Topliss-reactive ketones (excluding diaryl/α,β-unsaturated/α-hetero) is 1. The molecule has 8 nitrogen and oxygen atoms in total. The van der Waals surface area contributed by atoms with E-state index in [-0.39, 0.29) is 48.7 Å². The highest BCUT2D eigenvalue weighted by atomic mass is 16.5. The first-order valence-electron chi connectivity index (χ1n) is 10.7. The number of nitrogens with zero attached hydrogens (tertiary/aromatic N) is 1. The van der Waals surface area contributed by atoms with E-state index in [0.29, 0.717) is 23.8 Å². The van der Waals surface area contributed by atoms with Gasteiger partial charge in [-0.2, -0.15) is 0 Å². The zero-order valence-electron chi connectivity index (χ0n) is 17.9. The Kier molecular flexibility index (Phi) is 7.33. The van der Waals surface area contributed by atoms with Crippen LogP contribution in [0.5, 0.6) is 0 Å². The van der Waals surface area contributed by atoms with Crippen molar-refractivity contribution in [3.8, 4) is 0 Å². The third-order valence-electron chi connectivity index (χ3n) is 6.02. The Bertz CT molecular complexity index is 890. The number of nitrogens with one attached hydrogen (secondary N) is 1. The first-order valence-corrected chi connectivity index (χ1v) is 10.7. The Morgan fingerprint density at radius 2 is 2.03 bits per heavy atom. The van der Waals surface area contributed by atoms with E-state index in [1.807, 2.05) is 0 Å². The third kappa shape index (κ3) is 4.90. The molecule has 1 unspecified atom stereocenters. The van der Waals surface area contributed by atoms with Crippen LogP contribution < -0.4 is 5.32 Å². The molecule has 31 heavy (non-hydrogen) atoms. The highest BCUT2D eigenvalue weighted by molar-refractivity contribution is 6.23. The van der Waals surface area contributed by atoms with Crippen molar-refractivity contribution in [2.45, 2.75) is 58.0 Å². The number of benzene rings is 1. The fraction of sp³-hybridized carbons (Fsp3) is 0.522. The van der Waals surface area contributed by atoms with Gasteiger partial charge in [-0.3, -0.25) is 24.1 Å². The van der Waals surface area contributed by atoms with Crippen LogP contribution in [0.1, 0.15) is 65.3 Å². The molecule has 1 aromatic rings. The summed E-state index contributed by atoms with van der Waals surface area (Å²) in [6.07, 6.45) is 2.76. The topological polar surface area (TPSA) is 110 Å². The fourth-order valence-corrected chi connectivity index (χ4v) is 4.05. The lowest BCUT2D eigenvalue weighted by atomic mass is 9.97. The van der Waals surface area contributed by atoms with Crippen molar-refractivity contribution < 1.29 is 28.7 Å². The number of fused-ring (bicyclic) bond motifs is 1. The average Bonchev–Trinajstić information content (AvgIpc) is 3.37. The first-order chi connectivity index (χ1) is 14.8. The summed E-state index contributed by atoms with van der Waals surface area (Å²) in [7, 11) is 0. The minimum atomic E-state index is -0.991. The van der Waals surface area contributed by atoms with Gasteiger partial charge in [0.05, 0.1) is 23.8 Å². The number of rotatable bonds is 10. The lowest BCUT2D eigenvalue weighted by Crippen LogP contribution is -2.41. The summed E-state index contributed by atoms with van der Waals surface area (Å²) in [4.78, 5) is 62.4. The van der Waals surface area contributed by atoms with Crippen molar-refractivity contribution in [3.05, 3.63) is 34.9 Å². The number of esters is 1. The van der Waals surface area contributed by atoms with Crippen LogP contribution >= 0.6 is 0 Å². The number of ketones is 1. The van der Waals surface area contributed by atoms with E-state index >= 15 is 0 Å². The van der Waals surface area contributed by atoms with E-state index in [9.17, 15) is 24.0 Å². The highest BCUT2D eigenvalue weighted by Crippen LogP contribution is 2.28. The maximum atomic E-state index is 12.7. The largest absolute Gasteiger partial charge is 0.465 e. The molecule has 2 aliphatic heterocycles. The quantitative estimate of drug-likeness (QED) is 0.344. The Balaban J connectivity index is 1.50. The predicted octanol–water partition coefficient (Wildman–Crippen LogP) is 1.83. The van der Waals surface area contributed by atoms with Gasteiger partial charge in [0.15, 0.2) is 0 Å². The predicted molar refractivity (Wildman–Crippen MR) is 112 cm³/mol. The normalized spacial score (nSPS) is 19.8. The van der Waals surface area contributed by atoms with Gasteiger partial charge in [-0.1, -0.05) is 19.1 Å². The molecule has 0 radical (unpaired) electrons. The summed E-state index contributed by atoms with van der Waals surface area (Å²) in [5.41, 5.74) is 1.28. The van der Waals surface area contributed by atoms with Gasteiger partial charge in [-0.15, -0.1) is 0 Å². The van der Waals surface area contributed by atoms with Crippen LogP contribution in [-0.2, 0) is 19.1 Å². The van der Waals surface area contributed by atoms with Gasteiger partial charge in [-0.25, -0.2) is 0 Å². The number of carbonyl (C=O) groups is 5. The van der Waals surface area contributed by atoms with Crippen LogP contribution in [0.2, 0.25) is 0 Å². The van der Waals surface area contributed by atoms with Crippen molar-refractivity contribution in [2.24, 2.45) is 5.92 Å². The van der Waals surface area contributed by atoms with Gasteiger partial charge in [0.25, 0.3) is 11.8 Å². The van der Waals surface area contributed by atoms with E-state index in [1.165, 1.54) is 0 Å². The zero-order valence-corrected chi connectivity index (χ0v) is 17.9. The van der Waals surface area contributed by atoms with Crippen molar-refractivity contribution in [1.29, 1.82) is 0 Å². The average molecular weight is 428 g/mol. The van der Waals surface area contributed by atoms with Crippen LogP contribution in [-0.4, -0.2) is 60.0 Å². The standard InChI is InChI=1S/C23H28N2O6/c1-14(10-12-31-23(30)18-7-4-11-24-18)19(27)9-8-16(13-26)25-21(28)17-6-3-5-15(2)20(17)22(25)29/h3,5-6,13-14,16,18,24H,4,7-12H2,1-2H3/t14-,16?,18-/m0/s1. The number of ether oxygens (including phenoxy) is 1. The smallest absolute Gasteiger partial charge is 0.323 e. The molecule has 2 heterocycles. The molecule has 8 heteroatoms. The molecule has 0 aromatic heterocycles. The molecule has 2 amide bonds. The Hall–Kier alpha value is -2.87. The third-order valence-corrected chi connectivity index (χ3v) is 6.02. The second-order valence-electron chi connectivity index (χ2n) is 8.19. The second-order valence-corrected chi connectivity index (χ2v) is 8.19. The molecule has 166 valence electrons. The lowest BCUT2D eigenvalue weighted by molar-refractivity contribution is -0.146. The molecule has 1 aromatic carbocycles. The van der Waals surface area contributed by atoms with Gasteiger partial charge < -0.3 is 14.8 Å². The number of aryl methyl sites for hydroxylation is 1. The molecule has 1 N–H and O–H groups in total. The zero-order chi connectivity index (χ0) is 22.5. The lowest BCUT2D eigenvalue weighted by Gasteiger charge is -2.21. The van der Waals surface area contributed by atoms with Crippen molar-refractivity contribution in [3.63, 3.8) is 0 Å². The molecular weight excluding hydrogens is 400 g/mol. The fourth-order valence-electron chi connectivity index (χ4n) is 4.05. The van der Waals surface area contributed by atoms with E-state index < -0.39 is 17.9 Å². The van der Waals surface area contributed by atoms with Gasteiger partial charge >= 0.3 is 5.97 Å². The minimum Gasteiger partial charge on any atom is -0.465 e. The summed E-state index contributed by atoms with van der Waals surface area (Å²) >= 11 is 0. The van der Waals surface area contributed by atoms with Crippen LogP contribution in [0.4, 0.5) is 0 Å². The molecule has 0 bridgehead atoms. The van der Waals surface area contributed by atoms with Crippen molar-refractivity contribution >= 4 is 29.9 Å². The molecule has 1 saturated heterocycles. The molecule has 0 spiro atoms. The Morgan fingerprint density at radius 3 is 2.68 bits per heavy atom. The van der Waals surface area contributed by atoms with Crippen LogP contribution in [0, 0.1) is 12.8 Å². The Morgan fingerprint density at radius 1 is 1.26 bits per heavy atom. The van der Waals surface area contributed by atoms with E-state index in [2.05, 4.69) is 5.32 Å². The van der Waals surface area contributed by atoms with E-state index in [0.717, 1.165) is 24.3 Å². The van der Waals surface area contributed by atoms with Crippen molar-refractivity contribution in [2.75, 3.05) is 13.2 Å². The SMILES string of the molecule is Cc1cccc2c1C(=O)N(C(C=O)CCC(=O)[C@@H](C)CCOC(=O)[C@@H]1CCCN1)C2=O. The number of amides is 2. The Labute approximate surface area is 181 Å². The molecule has 1 fully saturated rings. The number of aldehydes is 1. The maximum absolute atomic E-state index is 12.7.